The third-order valence-electron chi connectivity index (χ3n) is 5.61. The first-order chi connectivity index (χ1) is 14.2. The average Bonchev–Trinajstić information content (AvgIpc) is 2.73. The van der Waals surface area contributed by atoms with Gasteiger partial charge in [-0.2, -0.15) is 0 Å². The maximum atomic E-state index is 13.0. The van der Waals surface area contributed by atoms with Crippen LogP contribution in [-0.2, 0) is 10.0 Å². The molecule has 0 spiro atoms. The normalized spacial score (nSPS) is 15.9. The van der Waals surface area contributed by atoms with Crippen LogP contribution < -0.4 is 4.72 Å². The predicted octanol–water partition coefficient (Wildman–Crippen LogP) is 3.57. The monoisotopic (exact) mass is 433 g/mol. The maximum Gasteiger partial charge on any atom is 0.261 e. The first-order valence-corrected chi connectivity index (χ1v) is 11.6. The molecule has 0 radical (unpaired) electrons. The molecule has 0 saturated carbocycles. The van der Waals surface area contributed by atoms with Gasteiger partial charge >= 0.3 is 0 Å². The Balaban J connectivity index is 1.63. The molecule has 1 heterocycles. The molecule has 162 valence electrons. The van der Waals surface area contributed by atoms with E-state index in [9.17, 15) is 17.6 Å². The number of carbonyl (C=O) groups is 1. The van der Waals surface area contributed by atoms with Crippen LogP contribution in [0.4, 0.5) is 10.1 Å². The van der Waals surface area contributed by atoms with Crippen LogP contribution >= 0.6 is 0 Å². The zero-order chi connectivity index (χ0) is 21.9. The lowest BCUT2D eigenvalue weighted by atomic mass is 10.0. The Kier molecular flexibility index (Phi) is 6.77. The van der Waals surface area contributed by atoms with E-state index in [1.54, 1.807) is 29.2 Å². The summed E-state index contributed by atoms with van der Waals surface area (Å²) in [6, 6.07) is 11.7. The third-order valence-corrected chi connectivity index (χ3v) is 7.00. The van der Waals surface area contributed by atoms with E-state index >= 15 is 0 Å². The van der Waals surface area contributed by atoms with Crippen molar-refractivity contribution in [2.75, 3.05) is 24.9 Å². The summed E-state index contributed by atoms with van der Waals surface area (Å²) in [5, 5.41) is 0. The molecule has 6 nitrogen and oxygen atoms in total. The number of rotatable bonds is 6. The molecule has 2 aromatic carbocycles. The van der Waals surface area contributed by atoms with E-state index in [4.69, 9.17) is 0 Å². The number of nitrogens with zero attached hydrogens (tertiary/aromatic N) is 2. The minimum absolute atomic E-state index is 0.0310. The quantitative estimate of drug-likeness (QED) is 0.756. The second-order valence-electron chi connectivity index (χ2n) is 7.91. The SMILES string of the molecule is CC(C)N1CCC(N(C)C(=O)c2ccc(NS(=O)(=O)c3ccc(F)cc3)cc2)CC1. The molecule has 0 aromatic heterocycles. The van der Waals surface area contributed by atoms with Gasteiger partial charge in [0.05, 0.1) is 4.90 Å². The highest BCUT2D eigenvalue weighted by atomic mass is 32.2. The second-order valence-corrected chi connectivity index (χ2v) is 9.60. The Morgan fingerprint density at radius 3 is 2.17 bits per heavy atom. The molecule has 0 unspecified atom stereocenters. The zero-order valence-electron chi connectivity index (χ0n) is 17.5. The van der Waals surface area contributed by atoms with E-state index in [1.807, 2.05) is 7.05 Å². The fraction of sp³-hybridized carbons (Fsp3) is 0.409. The number of hydrogen-bond donors (Lipinski definition) is 1. The number of piperidine rings is 1. The van der Waals surface area contributed by atoms with Crippen molar-refractivity contribution < 1.29 is 17.6 Å². The number of anilines is 1. The fourth-order valence-corrected chi connectivity index (χ4v) is 4.73. The summed E-state index contributed by atoms with van der Waals surface area (Å²) in [6.45, 7) is 6.32. The summed E-state index contributed by atoms with van der Waals surface area (Å²) >= 11 is 0. The highest BCUT2D eigenvalue weighted by Crippen LogP contribution is 2.21. The van der Waals surface area contributed by atoms with Crippen LogP contribution in [0.2, 0.25) is 0 Å². The molecule has 1 aliphatic rings. The predicted molar refractivity (Wildman–Crippen MR) is 115 cm³/mol. The van der Waals surface area contributed by atoms with E-state index in [1.165, 1.54) is 12.1 Å². The molecule has 1 fully saturated rings. The standard InChI is InChI=1S/C22H28FN3O3S/c1-16(2)26-14-12-20(13-15-26)25(3)22(27)17-4-8-19(9-5-17)24-30(28,29)21-10-6-18(23)7-11-21/h4-11,16,20,24H,12-15H2,1-3H3. The Labute approximate surface area is 177 Å². The van der Waals surface area contributed by atoms with E-state index < -0.39 is 15.8 Å². The van der Waals surface area contributed by atoms with Crippen LogP contribution in [0, 0.1) is 5.82 Å². The van der Waals surface area contributed by atoms with Crippen molar-refractivity contribution in [2.45, 2.75) is 43.7 Å². The highest BCUT2D eigenvalue weighted by Gasteiger charge is 2.27. The number of amides is 1. The van der Waals surface area contributed by atoms with Gasteiger partial charge in [0, 0.05) is 43.5 Å². The molecule has 3 rings (SSSR count). The highest BCUT2D eigenvalue weighted by molar-refractivity contribution is 7.92. The van der Waals surface area contributed by atoms with Gasteiger partial charge in [-0.25, -0.2) is 12.8 Å². The Morgan fingerprint density at radius 2 is 1.63 bits per heavy atom. The molecule has 2 aromatic rings. The summed E-state index contributed by atoms with van der Waals surface area (Å²) in [7, 11) is -2.00. The number of nitrogens with one attached hydrogen (secondary N) is 1. The average molecular weight is 434 g/mol. The van der Waals surface area contributed by atoms with Gasteiger partial charge in [-0.05, 0) is 75.2 Å². The van der Waals surface area contributed by atoms with Crippen molar-refractivity contribution in [1.82, 2.24) is 9.80 Å². The molecular weight excluding hydrogens is 405 g/mol. The maximum absolute atomic E-state index is 13.0. The third kappa shape index (κ3) is 5.17. The minimum Gasteiger partial charge on any atom is -0.339 e. The van der Waals surface area contributed by atoms with Crippen LogP contribution in [-0.4, -0.2) is 56.3 Å². The van der Waals surface area contributed by atoms with E-state index in [-0.39, 0.29) is 16.8 Å². The first-order valence-electron chi connectivity index (χ1n) is 10.1. The number of hydrogen-bond acceptors (Lipinski definition) is 4. The van der Waals surface area contributed by atoms with Gasteiger partial charge in [0.15, 0.2) is 0 Å². The molecule has 1 aliphatic heterocycles. The van der Waals surface area contributed by atoms with Crippen LogP contribution in [0.1, 0.15) is 37.0 Å². The lowest BCUT2D eigenvalue weighted by Gasteiger charge is -2.38. The Hall–Kier alpha value is -2.45. The lowest BCUT2D eigenvalue weighted by molar-refractivity contribution is 0.0615. The number of halogens is 1. The van der Waals surface area contributed by atoms with Gasteiger partial charge in [-0.15, -0.1) is 0 Å². The second kappa shape index (κ2) is 9.14. The summed E-state index contributed by atoms with van der Waals surface area (Å²) in [4.78, 5) is 17.0. The molecule has 0 atom stereocenters. The zero-order valence-corrected chi connectivity index (χ0v) is 18.3. The molecule has 1 saturated heterocycles. The number of carbonyl (C=O) groups excluding carboxylic acids is 1. The molecule has 1 amide bonds. The van der Waals surface area contributed by atoms with Gasteiger partial charge in [0.2, 0.25) is 0 Å². The van der Waals surface area contributed by atoms with Gasteiger partial charge in [-0.3, -0.25) is 9.52 Å². The smallest absolute Gasteiger partial charge is 0.261 e. The van der Waals surface area contributed by atoms with E-state index in [0.717, 1.165) is 38.1 Å². The largest absolute Gasteiger partial charge is 0.339 e. The number of sulfonamides is 1. The van der Waals surface area contributed by atoms with Crippen molar-refractivity contribution in [3.8, 4) is 0 Å². The van der Waals surface area contributed by atoms with Gasteiger partial charge in [0.25, 0.3) is 15.9 Å². The molecule has 8 heteroatoms. The van der Waals surface area contributed by atoms with Crippen molar-refractivity contribution in [3.05, 3.63) is 59.9 Å². The van der Waals surface area contributed by atoms with Crippen molar-refractivity contribution in [3.63, 3.8) is 0 Å². The number of likely N-dealkylation sites (tertiary alicyclic amines) is 1. The van der Waals surface area contributed by atoms with Gasteiger partial charge in [-0.1, -0.05) is 0 Å². The summed E-state index contributed by atoms with van der Waals surface area (Å²) < 4.78 is 40.3. The van der Waals surface area contributed by atoms with E-state index in [2.05, 4.69) is 23.5 Å². The molecule has 0 aliphatic carbocycles. The number of benzene rings is 2. The van der Waals surface area contributed by atoms with Crippen LogP contribution in [0.5, 0.6) is 0 Å². The fourth-order valence-electron chi connectivity index (χ4n) is 3.67. The van der Waals surface area contributed by atoms with Crippen molar-refractivity contribution >= 4 is 21.6 Å². The molecule has 1 N–H and O–H groups in total. The molecule has 30 heavy (non-hydrogen) atoms. The van der Waals surface area contributed by atoms with Crippen molar-refractivity contribution in [1.29, 1.82) is 0 Å². The molecule has 0 bridgehead atoms. The van der Waals surface area contributed by atoms with Crippen LogP contribution in [0.15, 0.2) is 53.4 Å². The summed E-state index contributed by atoms with van der Waals surface area (Å²) in [5.41, 5.74) is 0.845. The topological polar surface area (TPSA) is 69.7 Å². The Bertz CT molecular complexity index is 968. The minimum atomic E-state index is -3.83. The summed E-state index contributed by atoms with van der Waals surface area (Å²) in [5.74, 6) is -0.582. The first kappa shape index (κ1) is 22.2. The lowest BCUT2D eigenvalue weighted by Crippen LogP contribution is -2.47. The van der Waals surface area contributed by atoms with Gasteiger partial charge in [0.1, 0.15) is 5.82 Å². The van der Waals surface area contributed by atoms with Crippen LogP contribution in [0.3, 0.4) is 0 Å². The molecular formula is C22H28FN3O3S. The van der Waals surface area contributed by atoms with Crippen LogP contribution in [0.25, 0.3) is 0 Å². The van der Waals surface area contributed by atoms with Gasteiger partial charge < -0.3 is 9.80 Å². The Morgan fingerprint density at radius 1 is 1.07 bits per heavy atom. The van der Waals surface area contributed by atoms with E-state index in [0.29, 0.717) is 17.3 Å². The summed E-state index contributed by atoms with van der Waals surface area (Å²) in [6.07, 6.45) is 1.88. The van der Waals surface area contributed by atoms with Crippen molar-refractivity contribution in [2.24, 2.45) is 0 Å².